The summed E-state index contributed by atoms with van der Waals surface area (Å²) in [6.45, 7) is 3.53. The smallest absolute Gasteiger partial charge is 0.283 e. The lowest BCUT2D eigenvalue weighted by atomic mass is 10.2. The highest BCUT2D eigenvalue weighted by Gasteiger charge is 2.18. The van der Waals surface area contributed by atoms with E-state index in [4.69, 9.17) is 21.1 Å². The molecule has 24 heavy (non-hydrogen) atoms. The monoisotopic (exact) mass is 366 g/mol. The number of carbonyl (C=O) groups excluding carboxylic acids is 1. The Balaban J connectivity index is 1.92. The molecule has 5 nitrogen and oxygen atoms in total. The number of carbonyl (C=O) groups is 1. The summed E-state index contributed by atoms with van der Waals surface area (Å²) in [4.78, 5) is 18.6. The number of methoxy groups -OCH3 is 1. The highest BCUT2D eigenvalue weighted by molar-refractivity contribution is 7.09. The Morgan fingerprint density at radius 3 is 3.08 bits per heavy atom. The summed E-state index contributed by atoms with van der Waals surface area (Å²) in [6, 6.07) is 4.91. The molecule has 1 aliphatic heterocycles. The number of aromatic nitrogens is 1. The van der Waals surface area contributed by atoms with Crippen LogP contribution < -0.4 is 9.54 Å². The summed E-state index contributed by atoms with van der Waals surface area (Å²) < 4.78 is 12.9. The Kier molecular flexibility index (Phi) is 5.38. The van der Waals surface area contributed by atoms with Gasteiger partial charge >= 0.3 is 0 Å². The summed E-state index contributed by atoms with van der Waals surface area (Å²) in [5.41, 5.74) is 0.400. The van der Waals surface area contributed by atoms with Gasteiger partial charge in [0.15, 0.2) is 4.80 Å². The average Bonchev–Trinajstić information content (AvgIpc) is 3.17. The first-order valence-corrected chi connectivity index (χ1v) is 8.97. The van der Waals surface area contributed by atoms with Crippen molar-refractivity contribution < 1.29 is 14.3 Å². The molecule has 1 unspecified atom stereocenters. The van der Waals surface area contributed by atoms with E-state index in [1.807, 2.05) is 17.7 Å². The van der Waals surface area contributed by atoms with Gasteiger partial charge < -0.3 is 14.0 Å². The third-order valence-electron chi connectivity index (χ3n) is 3.85. The van der Waals surface area contributed by atoms with E-state index >= 15 is 0 Å². The van der Waals surface area contributed by atoms with Crippen LogP contribution in [0.15, 0.2) is 29.4 Å². The van der Waals surface area contributed by atoms with Gasteiger partial charge in [0, 0.05) is 22.7 Å². The van der Waals surface area contributed by atoms with Crippen molar-refractivity contribution in [3.63, 3.8) is 0 Å². The highest BCUT2D eigenvalue weighted by Crippen LogP contribution is 2.23. The second kappa shape index (κ2) is 7.51. The van der Waals surface area contributed by atoms with Crippen LogP contribution in [0.4, 0.5) is 0 Å². The first kappa shape index (κ1) is 17.2. The molecule has 1 aromatic heterocycles. The number of aryl methyl sites for hydroxylation is 1. The largest absolute Gasteiger partial charge is 0.496 e. The molecule has 128 valence electrons. The van der Waals surface area contributed by atoms with Crippen LogP contribution in [0.5, 0.6) is 5.75 Å². The van der Waals surface area contributed by atoms with E-state index in [0.717, 1.165) is 24.3 Å². The van der Waals surface area contributed by atoms with Gasteiger partial charge in [0.25, 0.3) is 5.91 Å². The molecule has 1 aromatic carbocycles. The first-order chi connectivity index (χ1) is 11.6. The van der Waals surface area contributed by atoms with E-state index in [1.54, 1.807) is 18.2 Å². The van der Waals surface area contributed by atoms with E-state index in [9.17, 15) is 4.79 Å². The zero-order chi connectivity index (χ0) is 17.1. The first-order valence-electron chi connectivity index (χ1n) is 7.78. The zero-order valence-corrected chi connectivity index (χ0v) is 15.2. The van der Waals surface area contributed by atoms with Crippen molar-refractivity contribution >= 4 is 28.8 Å². The van der Waals surface area contributed by atoms with Crippen molar-refractivity contribution in [3.05, 3.63) is 44.7 Å². The normalized spacial score (nSPS) is 18.1. The minimum atomic E-state index is -0.341. The van der Waals surface area contributed by atoms with Crippen LogP contribution in [0, 0.1) is 6.92 Å². The molecule has 0 saturated carbocycles. The van der Waals surface area contributed by atoms with Crippen LogP contribution in [-0.2, 0) is 11.3 Å². The molecule has 0 radical (unpaired) electrons. The van der Waals surface area contributed by atoms with Crippen LogP contribution in [0.25, 0.3) is 0 Å². The van der Waals surface area contributed by atoms with Crippen molar-refractivity contribution in [2.24, 2.45) is 4.99 Å². The predicted molar refractivity (Wildman–Crippen MR) is 93.9 cm³/mol. The number of benzene rings is 1. The van der Waals surface area contributed by atoms with Crippen LogP contribution in [0.3, 0.4) is 0 Å². The maximum atomic E-state index is 12.6. The van der Waals surface area contributed by atoms with Crippen LogP contribution >= 0.6 is 22.9 Å². The third kappa shape index (κ3) is 3.88. The van der Waals surface area contributed by atoms with Crippen molar-refractivity contribution in [1.82, 2.24) is 4.57 Å². The fourth-order valence-corrected chi connectivity index (χ4v) is 3.72. The number of thiazole rings is 1. The van der Waals surface area contributed by atoms with Gasteiger partial charge in [-0.15, -0.1) is 11.3 Å². The summed E-state index contributed by atoms with van der Waals surface area (Å²) in [7, 11) is 1.51. The second-order valence-electron chi connectivity index (χ2n) is 5.67. The Labute approximate surface area is 149 Å². The molecule has 0 aliphatic carbocycles. The van der Waals surface area contributed by atoms with Crippen molar-refractivity contribution in [2.45, 2.75) is 32.4 Å². The van der Waals surface area contributed by atoms with Gasteiger partial charge in [-0.05, 0) is 38.0 Å². The van der Waals surface area contributed by atoms with E-state index in [0.29, 0.717) is 27.7 Å². The minimum absolute atomic E-state index is 0.193. The Hall–Kier alpha value is -1.63. The molecule has 3 rings (SSSR count). The topological polar surface area (TPSA) is 52.8 Å². The Morgan fingerprint density at radius 1 is 1.54 bits per heavy atom. The quantitative estimate of drug-likeness (QED) is 0.832. The van der Waals surface area contributed by atoms with Crippen LogP contribution in [0.1, 0.15) is 28.1 Å². The standard InChI is InChI=1S/C17H19ClN2O3S/c1-11-9-20(10-13-4-3-7-23-13)17(24-11)19-16(21)14-6-5-12(18)8-15(14)22-2/h5-6,8-9,13H,3-4,7,10H2,1-2H3. The molecule has 0 N–H and O–H groups in total. The summed E-state index contributed by atoms with van der Waals surface area (Å²) >= 11 is 7.44. The number of halogens is 1. The lowest BCUT2D eigenvalue weighted by Crippen LogP contribution is -2.23. The SMILES string of the molecule is COc1cc(Cl)ccc1C(=O)N=c1sc(C)cn1CC1CCCO1. The average molecular weight is 367 g/mol. The van der Waals surface area contributed by atoms with E-state index in [1.165, 1.54) is 18.4 Å². The Bertz CT molecular complexity index is 806. The predicted octanol–water partition coefficient (Wildman–Crippen LogP) is 3.44. The maximum absolute atomic E-state index is 12.6. The lowest BCUT2D eigenvalue weighted by molar-refractivity contribution is 0.0949. The molecular weight excluding hydrogens is 348 g/mol. The van der Waals surface area contributed by atoms with Crippen molar-refractivity contribution in [3.8, 4) is 5.75 Å². The van der Waals surface area contributed by atoms with Gasteiger partial charge in [-0.2, -0.15) is 4.99 Å². The summed E-state index contributed by atoms with van der Waals surface area (Å²) in [6.07, 6.45) is 4.33. The van der Waals surface area contributed by atoms with Crippen molar-refractivity contribution in [1.29, 1.82) is 0 Å². The van der Waals surface area contributed by atoms with Crippen LogP contribution in [-0.4, -0.2) is 30.3 Å². The van der Waals surface area contributed by atoms with Gasteiger partial charge in [-0.25, -0.2) is 0 Å². The Morgan fingerprint density at radius 2 is 2.38 bits per heavy atom. The molecule has 2 aromatic rings. The number of amides is 1. The van der Waals surface area contributed by atoms with E-state index in [2.05, 4.69) is 4.99 Å². The minimum Gasteiger partial charge on any atom is -0.496 e. The van der Waals surface area contributed by atoms with Crippen LogP contribution in [0.2, 0.25) is 5.02 Å². The molecule has 0 spiro atoms. The van der Waals surface area contributed by atoms with E-state index in [-0.39, 0.29) is 12.0 Å². The molecule has 7 heteroatoms. The zero-order valence-electron chi connectivity index (χ0n) is 13.6. The van der Waals surface area contributed by atoms with Crippen molar-refractivity contribution in [2.75, 3.05) is 13.7 Å². The van der Waals surface area contributed by atoms with Gasteiger partial charge in [-0.1, -0.05) is 11.6 Å². The fourth-order valence-electron chi connectivity index (χ4n) is 2.72. The number of hydrogen-bond donors (Lipinski definition) is 0. The van der Waals surface area contributed by atoms with Gasteiger partial charge in [-0.3, -0.25) is 4.79 Å². The molecular formula is C17H19ClN2O3S. The number of ether oxygens (including phenoxy) is 2. The van der Waals surface area contributed by atoms with E-state index < -0.39 is 0 Å². The molecule has 1 saturated heterocycles. The molecule has 1 fully saturated rings. The fraction of sp³-hybridized carbons (Fsp3) is 0.412. The highest BCUT2D eigenvalue weighted by atomic mass is 35.5. The second-order valence-corrected chi connectivity index (χ2v) is 7.32. The number of nitrogens with zero attached hydrogens (tertiary/aromatic N) is 2. The van der Waals surface area contributed by atoms with Gasteiger partial charge in [0.1, 0.15) is 5.75 Å². The number of hydrogen-bond acceptors (Lipinski definition) is 4. The summed E-state index contributed by atoms with van der Waals surface area (Å²) in [5.74, 6) is 0.0849. The third-order valence-corrected chi connectivity index (χ3v) is 5.02. The molecule has 1 atom stereocenters. The maximum Gasteiger partial charge on any atom is 0.283 e. The van der Waals surface area contributed by atoms with Gasteiger partial charge in [0.05, 0.1) is 25.3 Å². The lowest BCUT2D eigenvalue weighted by Gasteiger charge is -2.10. The number of rotatable bonds is 4. The molecule has 2 heterocycles. The van der Waals surface area contributed by atoms with Gasteiger partial charge in [0.2, 0.25) is 0 Å². The summed E-state index contributed by atoms with van der Waals surface area (Å²) in [5, 5.41) is 0.517. The molecule has 1 amide bonds. The molecule has 1 aliphatic rings. The molecule has 0 bridgehead atoms.